The zero-order chi connectivity index (χ0) is 36.2. The van der Waals surface area contributed by atoms with E-state index in [9.17, 15) is 18.0 Å². The molecule has 0 atom stereocenters. The first kappa shape index (κ1) is 36.1. The second kappa shape index (κ2) is 15.3. The molecule has 13 heteroatoms. The Kier molecular flexibility index (Phi) is 10.8. The number of aromatic nitrogens is 1. The van der Waals surface area contributed by atoms with Crippen molar-refractivity contribution in [3.8, 4) is 16.9 Å². The number of hydrogen-bond acceptors (Lipinski definition) is 8. The van der Waals surface area contributed by atoms with Crippen LogP contribution in [0, 0.1) is 0 Å². The first-order valence-electron chi connectivity index (χ1n) is 17.3. The van der Waals surface area contributed by atoms with Gasteiger partial charge in [-0.15, -0.1) is 0 Å². The summed E-state index contributed by atoms with van der Waals surface area (Å²) in [6, 6.07) is 18.7. The smallest absolute Gasteiger partial charge is 0.323 e. The Balaban J connectivity index is 1.23. The number of amides is 3. The number of pyridine rings is 1. The summed E-state index contributed by atoms with van der Waals surface area (Å²) in [5.41, 5.74) is 4.29. The highest BCUT2D eigenvalue weighted by molar-refractivity contribution is 7.93. The van der Waals surface area contributed by atoms with Crippen LogP contribution in [0.5, 0.6) is 5.75 Å². The Morgan fingerprint density at radius 3 is 2.24 bits per heavy atom. The van der Waals surface area contributed by atoms with E-state index in [1.54, 1.807) is 17.0 Å². The molecule has 0 saturated carbocycles. The molecule has 1 aromatic heterocycles. The van der Waals surface area contributed by atoms with E-state index in [0.29, 0.717) is 18.8 Å². The largest absolute Gasteiger partial charge is 0.492 e. The molecule has 4 aromatic rings. The van der Waals surface area contributed by atoms with E-state index < -0.39 is 33.1 Å². The standard InChI is InChI=1S/C38H46N6O6S/c1-38(2,3)27-21-33(36(49-4)34(22-27)42-51(47,48)25-35(45)44-15-7-8-16-44)41-37(46)40-32-14-13-29(30-9-5-6-10-31(30)32)26-11-12-28(39-23-26)24-43-17-19-50-20-18-43/h5-6,9-14,21-23,42H,7-8,15-20,24-25H2,1-4H3,(H2,40,41,46). The highest BCUT2D eigenvalue weighted by atomic mass is 32.2. The molecule has 51 heavy (non-hydrogen) atoms. The third-order valence-electron chi connectivity index (χ3n) is 9.24. The van der Waals surface area contributed by atoms with E-state index in [2.05, 4.69) is 32.4 Å². The van der Waals surface area contributed by atoms with Crippen molar-refractivity contribution in [2.45, 2.75) is 45.6 Å². The molecule has 2 fully saturated rings. The van der Waals surface area contributed by atoms with Gasteiger partial charge in [0, 0.05) is 49.9 Å². The Morgan fingerprint density at radius 1 is 0.882 bits per heavy atom. The van der Waals surface area contributed by atoms with Gasteiger partial charge in [0.1, 0.15) is 5.75 Å². The van der Waals surface area contributed by atoms with Gasteiger partial charge in [-0.05, 0) is 59.0 Å². The molecule has 0 aliphatic carbocycles. The average Bonchev–Trinajstić information content (AvgIpc) is 3.64. The molecule has 0 bridgehead atoms. The summed E-state index contributed by atoms with van der Waals surface area (Å²) in [6.07, 6.45) is 3.61. The van der Waals surface area contributed by atoms with Crippen molar-refractivity contribution in [2.75, 3.05) is 67.6 Å². The van der Waals surface area contributed by atoms with Crippen LogP contribution in [0.3, 0.4) is 0 Å². The zero-order valence-electron chi connectivity index (χ0n) is 29.6. The summed E-state index contributed by atoms with van der Waals surface area (Å²) in [5.74, 6) is -1.00. The summed E-state index contributed by atoms with van der Waals surface area (Å²) < 4.78 is 40.1. The van der Waals surface area contributed by atoms with Gasteiger partial charge in [0.15, 0.2) is 5.75 Å². The maximum absolute atomic E-state index is 13.6. The van der Waals surface area contributed by atoms with Gasteiger partial charge in [-0.1, -0.05) is 57.2 Å². The van der Waals surface area contributed by atoms with Gasteiger partial charge in [0.2, 0.25) is 15.9 Å². The Hall–Kier alpha value is -4.72. The molecular formula is C38H46N6O6S. The number of carbonyl (C=O) groups excluding carboxylic acids is 2. The van der Waals surface area contributed by atoms with Gasteiger partial charge in [-0.2, -0.15) is 0 Å². The van der Waals surface area contributed by atoms with Crippen LogP contribution in [0.4, 0.5) is 21.9 Å². The van der Waals surface area contributed by atoms with Crippen molar-refractivity contribution < 1.29 is 27.5 Å². The second-order valence-corrected chi connectivity index (χ2v) is 15.7. The molecule has 270 valence electrons. The number of morpholine rings is 1. The number of fused-ring (bicyclic) bond motifs is 1. The fourth-order valence-electron chi connectivity index (χ4n) is 6.48. The van der Waals surface area contributed by atoms with Crippen molar-refractivity contribution in [3.05, 3.63) is 78.1 Å². The number of benzene rings is 3. The maximum atomic E-state index is 13.6. The monoisotopic (exact) mass is 714 g/mol. The highest BCUT2D eigenvalue weighted by Gasteiger charge is 2.27. The number of likely N-dealkylation sites (tertiary alicyclic amines) is 1. The highest BCUT2D eigenvalue weighted by Crippen LogP contribution is 2.40. The van der Waals surface area contributed by atoms with E-state index in [0.717, 1.165) is 78.8 Å². The van der Waals surface area contributed by atoms with E-state index in [4.69, 9.17) is 14.5 Å². The van der Waals surface area contributed by atoms with Gasteiger partial charge in [-0.25, -0.2) is 13.2 Å². The van der Waals surface area contributed by atoms with Crippen LogP contribution in [-0.4, -0.2) is 87.4 Å². The number of hydrogen-bond donors (Lipinski definition) is 3. The maximum Gasteiger partial charge on any atom is 0.323 e. The van der Waals surface area contributed by atoms with Crippen molar-refractivity contribution >= 4 is 49.8 Å². The average molecular weight is 715 g/mol. The van der Waals surface area contributed by atoms with Gasteiger partial charge >= 0.3 is 6.03 Å². The van der Waals surface area contributed by atoms with Crippen LogP contribution >= 0.6 is 0 Å². The lowest BCUT2D eigenvalue weighted by Crippen LogP contribution is -2.35. The summed E-state index contributed by atoms with van der Waals surface area (Å²) in [5, 5.41) is 7.64. The summed E-state index contributed by atoms with van der Waals surface area (Å²) in [4.78, 5) is 34.9. The van der Waals surface area contributed by atoms with Crippen LogP contribution in [0.2, 0.25) is 0 Å². The number of nitrogens with zero attached hydrogens (tertiary/aromatic N) is 3. The molecule has 0 radical (unpaired) electrons. The summed E-state index contributed by atoms with van der Waals surface area (Å²) >= 11 is 0. The molecule has 2 aliphatic rings. The third-order valence-corrected chi connectivity index (χ3v) is 10.4. The van der Waals surface area contributed by atoms with Crippen LogP contribution < -0.4 is 20.1 Å². The van der Waals surface area contributed by atoms with E-state index >= 15 is 0 Å². The minimum absolute atomic E-state index is 0.125. The molecule has 2 saturated heterocycles. The van der Waals surface area contributed by atoms with E-state index in [1.165, 1.54) is 7.11 Å². The molecule has 3 amide bonds. The van der Waals surface area contributed by atoms with Crippen LogP contribution in [0.15, 0.2) is 66.9 Å². The molecule has 3 aromatic carbocycles. The number of anilines is 3. The minimum Gasteiger partial charge on any atom is -0.492 e. The quantitative estimate of drug-likeness (QED) is 0.180. The number of urea groups is 1. The number of rotatable bonds is 10. The van der Waals surface area contributed by atoms with Gasteiger partial charge in [0.25, 0.3) is 0 Å². The van der Waals surface area contributed by atoms with E-state index in [-0.39, 0.29) is 17.1 Å². The SMILES string of the molecule is COc1c(NC(=O)Nc2ccc(-c3ccc(CN4CCOCC4)nc3)c3ccccc23)cc(C(C)(C)C)cc1NS(=O)(=O)CC(=O)N1CCCC1. The Labute approximate surface area is 299 Å². The lowest BCUT2D eigenvalue weighted by molar-refractivity contribution is -0.127. The number of carbonyl (C=O) groups is 2. The predicted octanol–water partition coefficient (Wildman–Crippen LogP) is 6.05. The molecule has 0 unspecified atom stereocenters. The lowest BCUT2D eigenvalue weighted by atomic mass is 9.86. The van der Waals surface area contributed by atoms with Crippen molar-refractivity contribution in [1.29, 1.82) is 0 Å². The molecule has 2 aliphatic heterocycles. The number of sulfonamides is 1. The normalized spacial score (nSPS) is 15.5. The predicted molar refractivity (Wildman–Crippen MR) is 201 cm³/mol. The molecule has 3 N–H and O–H groups in total. The van der Waals surface area contributed by atoms with Crippen molar-refractivity contribution in [1.82, 2.24) is 14.8 Å². The molecule has 0 spiro atoms. The summed E-state index contributed by atoms with van der Waals surface area (Å²) in [6.45, 7) is 11.1. The number of nitrogens with one attached hydrogen (secondary N) is 3. The molecule has 12 nitrogen and oxygen atoms in total. The molecule has 3 heterocycles. The fraction of sp³-hybridized carbons (Fsp3) is 0.395. The van der Waals surface area contributed by atoms with Crippen LogP contribution in [-0.2, 0) is 31.5 Å². The lowest BCUT2D eigenvalue weighted by Gasteiger charge is -2.26. The topological polar surface area (TPSA) is 142 Å². The first-order valence-corrected chi connectivity index (χ1v) is 18.9. The zero-order valence-corrected chi connectivity index (χ0v) is 30.4. The van der Waals surface area contributed by atoms with Crippen LogP contribution in [0.25, 0.3) is 21.9 Å². The first-order chi connectivity index (χ1) is 24.4. The van der Waals surface area contributed by atoms with Gasteiger partial charge in [-0.3, -0.25) is 19.4 Å². The van der Waals surface area contributed by atoms with E-state index in [1.807, 2.05) is 63.4 Å². The molecular weight excluding hydrogens is 669 g/mol. The number of methoxy groups -OCH3 is 1. The fourth-order valence-corrected chi connectivity index (χ4v) is 7.54. The number of ether oxygens (including phenoxy) is 2. The minimum atomic E-state index is -4.08. The Bertz CT molecular complexity index is 2000. The van der Waals surface area contributed by atoms with Gasteiger partial charge < -0.3 is 25.0 Å². The molecule has 6 rings (SSSR count). The van der Waals surface area contributed by atoms with Crippen molar-refractivity contribution in [2.24, 2.45) is 0 Å². The second-order valence-electron chi connectivity index (χ2n) is 14.0. The Morgan fingerprint density at radius 2 is 1.57 bits per heavy atom. The van der Waals surface area contributed by atoms with Crippen LogP contribution in [0.1, 0.15) is 44.9 Å². The third kappa shape index (κ3) is 8.78. The summed E-state index contributed by atoms with van der Waals surface area (Å²) in [7, 11) is -2.68. The van der Waals surface area contributed by atoms with Gasteiger partial charge in [0.05, 0.1) is 43.1 Å². The van der Waals surface area contributed by atoms with Crippen molar-refractivity contribution in [3.63, 3.8) is 0 Å².